The van der Waals surface area contributed by atoms with Crippen LogP contribution in [0.5, 0.6) is 0 Å². The summed E-state index contributed by atoms with van der Waals surface area (Å²) in [7, 11) is 0. The molecule has 0 aliphatic carbocycles. The van der Waals surface area contributed by atoms with Gasteiger partial charge in [0.25, 0.3) is 0 Å². The maximum absolute atomic E-state index is 13.4. The molecular formula is C16H16FNO. The fraction of sp³-hybridized carbons (Fsp3) is 0.250. The minimum Gasteiger partial charge on any atom is -0.294 e. The van der Waals surface area contributed by atoms with Gasteiger partial charge in [0.15, 0.2) is 5.78 Å². The number of Topliss-reactive ketones (excluding diaryl/α,β-unsaturated/α-hetero) is 1. The summed E-state index contributed by atoms with van der Waals surface area (Å²) in [6.07, 6.45) is 2.90. The minimum atomic E-state index is -0.347. The van der Waals surface area contributed by atoms with Crippen LogP contribution in [-0.2, 0) is 12.8 Å². The number of pyridine rings is 1. The van der Waals surface area contributed by atoms with Crippen LogP contribution in [0.25, 0.3) is 0 Å². The van der Waals surface area contributed by atoms with E-state index in [0.717, 1.165) is 12.0 Å². The Morgan fingerprint density at radius 3 is 2.63 bits per heavy atom. The Bertz CT molecular complexity index is 590. The molecule has 0 unspecified atom stereocenters. The van der Waals surface area contributed by atoms with Gasteiger partial charge in [-0.15, -0.1) is 0 Å². The lowest BCUT2D eigenvalue weighted by Crippen LogP contribution is -2.06. The van der Waals surface area contributed by atoms with Crippen LogP contribution in [0.3, 0.4) is 0 Å². The molecule has 0 saturated carbocycles. The van der Waals surface area contributed by atoms with Gasteiger partial charge in [0.1, 0.15) is 5.82 Å². The third-order valence-electron chi connectivity index (χ3n) is 3.13. The number of aryl methyl sites for hydroxylation is 2. The second kappa shape index (κ2) is 5.74. The van der Waals surface area contributed by atoms with Crippen molar-refractivity contribution >= 4 is 5.78 Å². The predicted octanol–water partition coefficient (Wildman–Crippen LogP) is 3.52. The largest absolute Gasteiger partial charge is 0.294 e. The highest BCUT2D eigenvalue weighted by molar-refractivity contribution is 5.97. The number of benzene rings is 1. The van der Waals surface area contributed by atoms with Gasteiger partial charge < -0.3 is 0 Å². The molecule has 1 heterocycles. The Kier molecular flexibility index (Phi) is 4.05. The van der Waals surface area contributed by atoms with Crippen molar-refractivity contribution in [3.8, 4) is 0 Å². The molecule has 3 heteroatoms. The summed E-state index contributed by atoms with van der Waals surface area (Å²) in [5.74, 6) is -0.462. The van der Waals surface area contributed by atoms with Gasteiger partial charge >= 0.3 is 0 Å². The van der Waals surface area contributed by atoms with E-state index < -0.39 is 0 Å². The zero-order chi connectivity index (χ0) is 13.8. The molecule has 2 aromatic rings. The Labute approximate surface area is 112 Å². The molecule has 2 nitrogen and oxygen atoms in total. The Hall–Kier alpha value is -2.03. The van der Waals surface area contributed by atoms with Crippen molar-refractivity contribution in [1.82, 2.24) is 4.98 Å². The average molecular weight is 257 g/mol. The molecule has 0 saturated heterocycles. The van der Waals surface area contributed by atoms with Crippen LogP contribution in [0.15, 0.2) is 36.5 Å². The van der Waals surface area contributed by atoms with E-state index in [2.05, 4.69) is 11.9 Å². The van der Waals surface area contributed by atoms with E-state index in [1.807, 2.05) is 12.1 Å². The lowest BCUT2D eigenvalue weighted by atomic mass is 10.0. The molecule has 1 aromatic carbocycles. The monoisotopic (exact) mass is 257 g/mol. The number of rotatable bonds is 4. The first-order chi connectivity index (χ1) is 9.10. The third kappa shape index (κ3) is 3.25. The number of carbonyl (C=O) groups excluding carboxylic acids is 1. The molecule has 0 amide bonds. The van der Waals surface area contributed by atoms with Crippen molar-refractivity contribution < 1.29 is 9.18 Å². The van der Waals surface area contributed by atoms with Gasteiger partial charge in [-0.05, 0) is 36.6 Å². The lowest BCUT2D eigenvalue weighted by Gasteiger charge is -2.03. The molecule has 0 aliphatic heterocycles. The second-order valence-electron chi connectivity index (χ2n) is 4.58. The van der Waals surface area contributed by atoms with E-state index in [9.17, 15) is 9.18 Å². The topological polar surface area (TPSA) is 30.0 Å². The number of nitrogens with zero attached hydrogens (tertiary/aromatic N) is 1. The van der Waals surface area contributed by atoms with Gasteiger partial charge in [-0.2, -0.15) is 0 Å². The van der Waals surface area contributed by atoms with Crippen molar-refractivity contribution in [2.45, 2.75) is 26.7 Å². The molecule has 98 valence electrons. The molecule has 0 aliphatic rings. The van der Waals surface area contributed by atoms with Crippen LogP contribution in [-0.4, -0.2) is 10.8 Å². The van der Waals surface area contributed by atoms with Crippen molar-refractivity contribution in [3.63, 3.8) is 0 Å². The first-order valence-electron chi connectivity index (χ1n) is 6.33. The number of hydrogen-bond donors (Lipinski definition) is 0. The van der Waals surface area contributed by atoms with Crippen LogP contribution in [0.1, 0.15) is 34.1 Å². The summed E-state index contributed by atoms with van der Waals surface area (Å²) < 4.78 is 13.4. The van der Waals surface area contributed by atoms with E-state index in [0.29, 0.717) is 16.8 Å². The molecule has 1 aromatic heterocycles. The molecule has 0 atom stereocenters. The number of hydrogen-bond acceptors (Lipinski definition) is 2. The van der Waals surface area contributed by atoms with Crippen molar-refractivity contribution in [3.05, 3.63) is 64.7 Å². The summed E-state index contributed by atoms with van der Waals surface area (Å²) >= 11 is 0. The zero-order valence-corrected chi connectivity index (χ0v) is 11.1. The Balaban J connectivity index is 2.13. The van der Waals surface area contributed by atoms with Crippen LogP contribution in [0, 0.1) is 12.7 Å². The number of carbonyl (C=O) groups is 1. The molecule has 0 N–H and O–H groups in total. The van der Waals surface area contributed by atoms with Crippen LogP contribution < -0.4 is 0 Å². The normalized spacial score (nSPS) is 10.5. The minimum absolute atomic E-state index is 0.115. The maximum Gasteiger partial charge on any atom is 0.168 e. The zero-order valence-electron chi connectivity index (χ0n) is 11.1. The molecular weight excluding hydrogens is 241 g/mol. The molecule has 0 radical (unpaired) electrons. The van der Waals surface area contributed by atoms with E-state index in [-0.39, 0.29) is 18.0 Å². The standard InChI is InChI=1S/C16H16FNO/c1-3-12-5-7-14(18-10-12)9-16(19)13-6-4-11(2)15(17)8-13/h4-8,10H,3,9H2,1-2H3. The first-order valence-corrected chi connectivity index (χ1v) is 6.33. The fourth-order valence-electron chi connectivity index (χ4n) is 1.80. The molecule has 0 bridgehead atoms. The van der Waals surface area contributed by atoms with Crippen molar-refractivity contribution in [2.24, 2.45) is 0 Å². The highest BCUT2D eigenvalue weighted by Gasteiger charge is 2.10. The van der Waals surface area contributed by atoms with Crippen LogP contribution >= 0.6 is 0 Å². The second-order valence-corrected chi connectivity index (χ2v) is 4.58. The fourth-order valence-corrected chi connectivity index (χ4v) is 1.80. The molecule has 2 rings (SSSR count). The van der Waals surface area contributed by atoms with Gasteiger partial charge in [0.05, 0.1) is 6.42 Å². The van der Waals surface area contributed by atoms with E-state index in [1.165, 1.54) is 6.07 Å². The smallest absolute Gasteiger partial charge is 0.168 e. The molecule has 0 spiro atoms. The van der Waals surface area contributed by atoms with Crippen LogP contribution in [0.2, 0.25) is 0 Å². The van der Waals surface area contributed by atoms with E-state index in [1.54, 1.807) is 25.3 Å². The summed E-state index contributed by atoms with van der Waals surface area (Å²) in [5.41, 5.74) is 2.78. The summed E-state index contributed by atoms with van der Waals surface area (Å²) in [5, 5.41) is 0. The van der Waals surface area contributed by atoms with Crippen molar-refractivity contribution in [2.75, 3.05) is 0 Å². The molecule has 0 fully saturated rings. The highest BCUT2D eigenvalue weighted by atomic mass is 19.1. The Morgan fingerprint density at radius 1 is 1.26 bits per heavy atom. The van der Waals surface area contributed by atoms with Gasteiger partial charge in [-0.1, -0.05) is 25.1 Å². The van der Waals surface area contributed by atoms with E-state index in [4.69, 9.17) is 0 Å². The summed E-state index contributed by atoms with van der Waals surface area (Å²) in [6.45, 7) is 3.73. The first kappa shape index (κ1) is 13.4. The maximum atomic E-state index is 13.4. The third-order valence-corrected chi connectivity index (χ3v) is 3.13. The molecule has 19 heavy (non-hydrogen) atoms. The van der Waals surface area contributed by atoms with Crippen molar-refractivity contribution in [1.29, 1.82) is 0 Å². The lowest BCUT2D eigenvalue weighted by molar-refractivity contribution is 0.0991. The predicted molar refractivity (Wildman–Crippen MR) is 72.8 cm³/mol. The van der Waals surface area contributed by atoms with Gasteiger partial charge in [0.2, 0.25) is 0 Å². The summed E-state index contributed by atoms with van der Waals surface area (Å²) in [6, 6.07) is 8.38. The number of aromatic nitrogens is 1. The van der Waals surface area contributed by atoms with E-state index >= 15 is 0 Å². The Morgan fingerprint density at radius 2 is 2.05 bits per heavy atom. The van der Waals surface area contributed by atoms with Gasteiger partial charge in [-0.25, -0.2) is 4.39 Å². The average Bonchev–Trinajstić information content (AvgIpc) is 2.42. The highest BCUT2D eigenvalue weighted by Crippen LogP contribution is 2.12. The number of halogens is 1. The summed E-state index contributed by atoms with van der Waals surface area (Å²) in [4.78, 5) is 16.3. The SMILES string of the molecule is CCc1ccc(CC(=O)c2ccc(C)c(F)c2)nc1. The van der Waals surface area contributed by atoms with Crippen LogP contribution in [0.4, 0.5) is 4.39 Å². The van der Waals surface area contributed by atoms with Gasteiger partial charge in [-0.3, -0.25) is 9.78 Å². The number of ketones is 1. The quantitative estimate of drug-likeness (QED) is 0.784. The van der Waals surface area contributed by atoms with Gasteiger partial charge in [0, 0.05) is 17.5 Å².